The second kappa shape index (κ2) is 8.57. The van der Waals surface area contributed by atoms with E-state index in [0.717, 1.165) is 4.90 Å². The van der Waals surface area contributed by atoms with E-state index in [9.17, 15) is 18.0 Å². The molecule has 0 spiro atoms. The Labute approximate surface area is 176 Å². The van der Waals surface area contributed by atoms with Gasteiger partial charge in [-0.1, -0.05) is 18.2 Å². The van der Waals surface area contributed by atoms with Crippen LogP contribution < -0.4 is 21.1 Å². The third-order valence-corrected chi connectivity index (χ3v) is 4.91. The molecular weight excluding hydrogens is 404 g/mol. The zero-order chi connectivity index (χ0) is 22.7. The SMILES string of the molecule is C#CC(=O)N(c1cccc(S(N)(=O)=O)c1)C(C(=O)NC(C)(C)C)c1cccc(N)c1. The molecule has 30 heavy (non-hydrogen) atoms. The summed E-state index contributed by atoms with van der Waals surface area (Å²) in [4.78, 5) is 26.8. The Hall–Kier alpha value is -3.35. The molecule has 0 aliphatic carbocycles. The molecule has 0 bridgehead atoms. The summed E-state index contributed by atoms with van der Waals surface area (Å²) in [5.74, 6) is 0.648. The fraction of sp³-hybridized carbons (Fsp3) is 0.238. The first-order chi connectivity index (χ1) is 13.8. The second-order valence-corrected chi connectivity index (χ2v) is 9.24. The molecule has 0 fully saturated rings. The molecule has 0 saturated heterocycles. The van der Waals surface area contributed by atoms with Crippen molar-refractivity contribution < 1.29 is 18.0 Å². The van der Waals surface area contributed by atoms with Crippen molar-refractivity contribution in [3.05, 3.63) is 54.1 Å². The maximum Gasteiger partial charge on any atom is 0.303 e. The lowest BCUT2D eigenvalue weighted by molar-refractivity contribution is -0.126. The van der Waals surface area contributed by atoms with E-state index in [-0.39, 0.29) is 10.6 Å². The zero-order valence-electron chi connectivity index (χ0n) is 16.9. The Balaban J connectivity index is 2.73. The summed E-state index contributed by atoms with van der Waals surface area (Å²) < 4.78 is 23.6. The molecule has 0 saturated carbocycles. The summed E-state index contributed by atoms with van der Waals surface area (Å²) in [6.45, 7) is 5.36. The monoisotopic (exact) mass is 428 g/mol. The highest BCUT2D eigenvalue weighted by Gasteiger charge is 2.34. The normalized spacial score (nSPS) is 12.5. The molecule has 2 aromatic rings. The molecule has 0 aliphatic rings. The van der Waals surface area contributed by atoms with Crippen molar-refractivity contribution in [3.63, 3.8) is 0 Å². The Bertz CT molecular complexity index is 1110. The van der Waals surface area contributed by atoms with Crippen molar-refractivity contribution in [2.45, 2.75) is 37.2 Å². The van der Waals surface area contributed by atoms with Gasteiger partial charge in [0.15, 0.2) is 0 Å². The molecule has 2 amide bonds. The van der Waals surface area contributed by atoms with Gasteiger partial charge in [-0.2, -0.15) is 0 Å². The van der Waals surface area contributed by atoms with Gasteiger partial charge in [0.05, 0.1) is 4.90 Å². The Kier molecular flexibility index (Phi) is 6.55. The van der Waals surface area contributed by atoms with Crippen LogP contribution >= 0.6 is 0 Å². The standard InChI is InChI=1S/C21H24N4O4S/c1-5-18(26)25(16-10-7-11-17(13-16)30(23,28)29)19(20(27)24-21(2,3)4)14-8-6-9-15(22)12-14/h1,6-13,19H,22H2,2-4H3,(H,24,27)(H2,23,28,29). The maximum atomic E-state index is 13.2. The number of benzene rings is 2. The maximum absolute atomic E-state index is 13.2. The van der Waals surface area contributed by atoms with Crippen molar-refractivity contribution in [1.29, 1.82) is 0 Å². The number of amides is 2. The van der Waals surface area contributed by atoms with Crippen molar-refractivity contribution >= 4 is 33.2 Å². The van der Waals surface area contributed by atoms with Gasteiger partial charge in [0.25, 0.3) is 0 Å². The minimum Gasteiger partial charge on any atom is -0.399 e. The number of carbonyl (C=O) groups is 2. The van der Waals surface area contributed by atoms with Crippen LogP contribution in [0.1, 0.15) is 32.4 Å². The van der Waals surface area contributed by atoms with E-state index < -0.39 is 33.4 Å². The molecule has 1 unspecified atom stereocenters. The number of hydrogen-bond acceptors (Lipinski definition) is 5. The summed E-state index contributed by atoms with van der Waals surface area (Å²) in [6, 6.07) is 10.6. The predicted molar refractivity (Wildman–Crippen MR) is 116 cm³/mol. The minimum atomic E-state index is -4.05. The van der Waals surface area contributed by atoms with Crippen molar-refractivity contribution in [2.24, 2.45) is 5.14 Å². The number of anilines is 2. The van der Waals surface area contributed by atoms with Crippen LogP contribution in [0.4, 0.5) is 11.4 Å². The molecule has 1 atom stereocenters. The van der Waals surface area contributed by atoms with Gasteiger partial charge in [-0.3, -0.25) is 14.5 Å². The van der Waals surface area contributed by atoms with Gasteiger partial charge in [-0.05, 0) is 62.6 Å². The third-order valence-electron chi connectivity index (χ3n) is 4.00. The number of hydrogen-bond donors (Lipinski definition) is 3. The Morgan fingerprint density at radius 2 is 1.77 bits per heavy atom. The highest BCUT2D eigenvalue weighted by atomic mass is 32.2. The van der Waals surface area contributed by atoms with E-state index >= 15 is 0 Å². The first-order valence-corrected chi connectivity index (χ1v) is 10.5. The molecule has 0 heterocycles. The molecule has 5 N–H and O–H groups in total. The highest BCUT2D eigenvalue weighted by molar-refractivity contribution is 7.89. The van der Waals surface area contributed by atoms with Crippen LogP contribution in [-0.4, -0.2) is 25.8 Å². The van der Waals surface area contributed by atoms with E-state index in [1.54, 1.807) is 45.0 Å². The van der Waals surface area contributed by atoms with Crippen LogP contribution in [-0.2, 0) is 19.6 Å². The average Bonchev–Trinajstić information content (AvgIpc) is 2.63. The van der Waals surface area contributed by atoms with Crippen molar-refractivity contribution in [1.82, 2.24) is 5.32 Å². The number of terminal acetylenes is 1. The van der Waals surface area contributed by atoms with Crippen molar-refractivity contribution in [3.8, 4) is 12.3 Å². The van der Waals surface area contributed by atoms with Crippen LogP contribution in [0.3, 0.4) is 0 Å². The molecule has 2 aromatic carbocycles. The fourth-order valence-corrected chi connectivity index (χ4v) is 3.40. The summed E-state index contributed by atoms with van der Waals surface area (Å²) in [7, 11) is -4.05. The third kappa shape index (κ3) is 5.59. The molecule has 0 aromatic heterocycles. The lowest BCUT2D eigenvalue weighted by Gasteiger charge is -2.32. The topological polar surface area (TPSA) is 136 Å². The number of carbonyl (C=O) groups excluding carboxylic acids is 2. The van der Waals surface area contributed by atoms with Crippen molar-refractivity contribution in [2.75, 3.05) is 10.6 Å². The van der Waals surface area contributed by atoms with E-state index in [2.05, 4.69) is 5.32 Å². The van der Waals surface area contributed by atoms with E-state index in [0.29, 0.717) is 11.3 Å². The van der Waals surface area contributed by atoms with Crippen LogP contribution in [0.2, 0.25) is 0 Å². The quantitative estimate of drug-likeness (QED) is 0.490. The smallest absolute Gasteiger partial charge is 0.303 e. The summed E-state index contributed by atoms with van der Waals surface area (Å²) >= 11 is 0. The molecule has 9 heteroatoms. The predicted octanol–water partition coefficient (Wildman–Crippen LogP) is 1.54. The molecule has 158 valence electrons. The van der Waals surface area contributed by atoms with E-state index in [1.807, 2.05) is 5.92 Å². The van der Waals surface area contributed by atoms with Crippen LogP contribution in [0, 0.1) is 12.3 Å². The van der Waals surface area contributed by atoms with Crippen LogP contribution in [0.15, 0.2) is 53.4 Å². The average molecular weight is 429 g/mol. The Morgan fingerprint density at radius 1 is 1.13 bits per heavy atom. The van der Waals surface area contributed by atoms with Gasteiger partial charge in [-0.15, -0.1) is 6.42 Å². The number of rotatable bonds is 5. The fourth-order valence-electron chi connectivity index (χ4n) is 2.85. The van der Waals surface area contributed by atoms with Gasteiger partial charge in [-0.25, -0.2) is 13.6 Å². The molecule has 2 rings (SSSR count). The molecule has 0 aliphatic heterocycles. The molecule has 8 nitrogen and oxygen atoms in total. The Morgan fingerprint density at radius 3 is 2.30 bits per heavy atom. The van der Waals surface area contributed by atoms with E-state index in [4.69, 9.17) is 17.3 Å². The van der Waals surface area contributed by atoms with E-state index in [1.165, 1.54) is 24.3 Å². The second-order valence-electron chi connectivity index (χ2n) is 7.67. The van der Waals surface area contributed by atoms with Gasteiger partial charge in [0.2, 0.25) is 15.9 Å². The zero-order valence-corrected chi connectivity index (χ0v) is 17.7. The largest absolute Gasteiger partial charge is 0.399 e. The highest BCUT2D eigenvalue weighted by Crippen LogP contribution is 2.30. The van der Waals surface area contributed by atoms with Gasteiger partial charge in [0.1, 0.15) is 6.04 Å². The molecule has 0 radical (unpaired) electrons. The summed E-state index contributed by atoms with van der Waals surface area (Å²) in [5.41, 5.74) is 6.16. The van der Waals surface area contributed by atoms with Gasteiger partial charge >= 0.3 is 5.91 Å². The summed E-state index contributed by atoms with van der Waals surface area (Å²) in [6.07, 6.45) is 5.37. The number of nitrogens with zero attached hydrogens (tertiary/aromatic N) is 1. The first kappa shape index (κ1) is 22.9. The number of primary sulfonamides is 1. The van der Waals surface area contributed by atoms with Crippen LogP contribution in [0.5, 0.6) is 0 Å². The van der Waals surface area contributed by atoms with Crippen LogP contribution in [0.25, 0.3) is 0 Å². The summed E-state index contributed by atoms with van der Waals surface area (Å²) in [5, 5.41) is 8.04. The number of nitrogen functional groups attached to an aromatic ring is 1. The number of nitrogens with two attached hydrogens (primary N) is 2. The lowest BCUT2D eigenvalue weighted by Crippen LogP contribution is -2.49. The lowest BCUT2D eigenvalue weighted by atomic mass is 10.00. The minimum absolute atomic E-state index is 0.0981. The number of sulfonamides is 1. The molecular formula is C21H24N4O4S. The first-order valence-electron chi connectivity index (χ1n) is 8.93. The van der Waals surface area contributed by atoms with Gasteiger partial charge < -0.3 is 11.1 Å². The van der Waals surface area contributed by atoms with Gasteiger partial charge in [0, 0.05) is 16.9 Å². The number of nitrogens with one attached hydrogen (secondary N) is 1.